The van der Waals surface area contributed by atoms with Gasteiger partial charge in [-0.1, -0.05) is 29.3 Å². The van der Waals surface area contributed by atoms with E-state index in [4.69, 9.17) is 23.2 Å². The maximum absolute atomic E-state index is 6.18. The maximum Gasteiger partial charge on any atom is 0.0534 e. The number of halogens is 2. The van der Waals surface area contributed by atoms with Gasteiger partial charge in [-0.15, -0.1) is 0 Å². The summed E-state index contributed by atoms with van der Waals surface area (Å²) in [5.74, 6) is 0. The predicted molar refractivity (Wildman–Crippen MR) is 79.5 cm³/mol. The second kappa shape index (κ2) is 6.42. The van der Waals surface area contributed by atoms with E-state index in [1.165, 1.54) is 5.56 Å². The molecule has 0 saturated heterocycles. The fraction of sp³-hybridized carbons (Fsp3) is 0.357. The Labute approximate surface area is 123 Å². The number of aryl methyl sites for hydroxylation is 1. The molecular formula is C14H17Cl2N3. The average Bonchev–Trinajstić information content (AvgIpc) is 2.81. The van der Waals surface area contributed by atoms with Crippen molar-refractivity contribution in [1.82, 2.24) is 14.7 Å². The Morgan fingerprint density at radius 1 is 1.21 bits per heavy atom. The smallest absolute Gasteiger partial charge is 0.0534 e. The number of nitrogens with zero attached hydrogens (tertiary/aromatic N) is 3. The fourth-order valence-corrected chi connectivity index (χ4v) is 2.50. The Morgan fingerprint density at radius 2 is 1.89 bits per heavy atom. The second-order valence-corrected chi connectivity index (χ2v) is 5.39. The van der Waals surface area contributed by atoms with E-state index in [1.54, 1.807) is 0 Å². The molecule has 0 N–H and O–H groups in total. The summed E-state index contributed by atoms with van der Waals surface area (Å²) in [6.07, 6.45) is 3.96. The fourth-order valence-electron chi connectivity index (χ4n) is 1.98. The van der Waals surface area contributed by atoms with E-state index in [-0.39, 0.29) is 0 Å². The Balaban J connectivity index is 2.03. The third-order valence-corrected chi connectivity index (χ3v) is 3.66. The quantitative estimate of drug-likeness (QED) is 0.836. The number of hydrogen-bond acceptors (Lipinski definition) is 2. The Morgan fingerprint density at radius 3 is 2.47 bits per heavy atom. The summed E-state index contributed by atoms with van der Waals surface area (Å²) in [5, 5.41) is 5.69. The first-order valence-corrected chi connectivity index (χ1v) is 6.98. The summed E-state index contributed by atoms with van der Waals surface area (Å²) in [5.41, 5.74) is 2.16. The van der Waals surface area contributed by atoms with Crippen molar-refractivity contribution in [2.24, 2.45) is 0 Å². The van der Waals surface area contributed by atoms with E-state index >= 15 is 0 Å². The molecule has 0 aliphatic carbocycles. The van der Waals surface area contributed by atoms with Gasteiger partial charge in [0.1, 0.15) is 0 Å². The number of hydrogen-bond donors (Lipinski definition) is 0. The first kappa shape index (κ1) is 14.4. The lowest BCUT2D eigenvalue weighted by Crippen LogP contribution is -2.17. The largest absolute Gasteiger partial charge is 0.298 e. The zero-order chi connectivity index (χ0) is 13.8. The number of aromatic nitrogens is 2. The molecule has 0 aliphatic rings. The molecule has 2 rings (SSSR count). The topological polar surface area (TPSA) is 21.1 Å². The molecule has 0 atom stereocenters. The summed E-state index contributed by atoms with van der Waals surface area (Å²) in [4.78, 5) is 2.17. The summed E-state index contributed by atoms with van der Waals surface area (Å²) in [6.45, 7) is 4.50. The van der Waals surface area contributed by atoms with Crippen molar-refractivity contribution in [2.75, 3.05) is 7.05 Å². The second-order valence-electron chi connectivity index (χ2n) is 4.58. The third-order valence-electron chi connectivity index (χ3n) is 2.95. The van der Waals surface area contributed by atoms with Gasteiger partial charge in [0.25, 0.3) is 0 Å². The molecule has 0 unspecified atom stereocenters. The van der Waals surface area contributed by atoms with Crippen LogP contribution in [0.1, 0.15) is 18.1 Å². The van der Waals surface area contributed by atoms with E-state index in [1.807, 2.05) is 36.1 Å². The standard InChI is InChI=1S/C14H17Cl2N3/c1-3-19-9-11(7-17-19)8-18(2)10-12-13(15)5-4-6-14(12)16/h4-7,9H,3,8,10H2,1-2H3. The van der Waals surface area contributed by atoms with Gasteiger partial charge in [0.15, 0.2) is 0 Å². The summed E-state index contributed by atoms with van der Waals surface area (Å²) in [6, 6.07) is 5.59. The molecule has 0 amide bonds. The van der Waals surface area contributed by atoms with Crippen LogP contribution < -0.4 is 0 Å². The van der Waals surface area contributed by atoms with Gasteiger partial charge in [-0.05, 0) is 26.1 Å². The highest BCUT2D eigenvalue weighted by Crippen LogP contribution is 2.25. The molecule has 1 aromatic heterocycles. The molecule has 19 heavy (non-hydrogen) atoms. The molecule has 102 valence electrons. The van der Waals surface area contributed by atoms with Gasteiger partial charge in [-0.2, -0.15) is 5.10 Å². The first-order chi connectivity index (χ1) is 9.10. The molecule has 5 heteroatoms. The van der Waals surface area contributed by atoms with Gasteiger partial charge in [0, 0.05) is 47.0 Å². The van der Waals surface area contributed by atoms with Crippen molar-refractivity contribution >= 4 is 23.2 Å². The Bertz CT molecular complexity index is 531. The summed E-state index contributed by atoms with van der Waals surface area (Å²) < 4.78 is 1.92. The van der Waals surface area contributed by atoms with E-state index in [9.17, 15) is 0 Å². The lowest BCUT2D eigenvalue weighted by Gasteiger charge is -2.17. The van der Waals surface area contributed by atoms with Crippen LogP contribution in [0.4, 0.5) is 0 Å². The number of rotatable bonds is 5. The highest BCUT2D eigenvalue weighted by Gasteiger charge is 2.09. The minimum absolute atomic E-state index is 0.712. The molecule has 2 aromatic rings. The van der Waals surface area contributed by atoms with Crippen LogP contribution in [0, 0.1) is 0 Å². The molecule has 3 nitrogen and oxygen atoms in total. The van der Waals surface area contributed by atoms with Crippen LogP contribution in [-0.4, -0.2) is 21.7 Å². The first-order valence-electron chi connectivity index (χ1n) is 6.23. The Kier molecular flexibility index (Phi) is 4.86. The maximum atomic E-state index is 6.18. The van der Waals surface area contributed by atoms with E-state index in [0.717, 1.165) is 25.2 Å². The van der Waals surface area contributed by atoms with Crippen LogP contribution in [0.15, 0.2) is 30.6 Å². The summed E-state index contributed by atoms with van der Waals surface area (Å²) in [7, 11) is 2.04. The zero-order valence-electron chi connectivity index (χ0n) is 11.1. The highest BCUT2D eigenvalue weighted by molar-refractivity contribution is 6.35. The molecule has 0 aliphatic heterocycles. The lowest BCUT2D eigenvalue weighted by molar-refractivity contribution is 0.319. The van der Waals surface area contributed by atoms with Gasteiger partial charge in [0.05, 0.1) is 6.20 Å². The SMILES string of the molecule is CCn1cc(CN(C)Cc2c(Cl)cccc2Cl)cn1. The molecule has 0 bridgehead atoms. The van der Waals surface area contributed by atoms with Crippen molar-refractivity contribution < 1.29 is 0 Å². The normalized spacial score (nSPS) is 11.2. The number of benzene rings is 1. The van der Waals surface area contributed by atoms with Gasteiger partial charge in [-0.3, -0.25) is 9.58 Å². The van der Waals surface area contributed by atoms with Gasteiger partial charge >= 0.3 is 0 Å². The van der Waals surface area contributed by atoms with E-state index < -0.39 is 0 Å². The van der Waals surface area contributed by atoms with Crippen LogP contribution in [-0.2, 0) is 19.6 Å². The molecule has 0 radical (unpaired) electrons. The van der Waals surface area contributed by atoms with Crippen LogP contribution in [0.3, 0.4) is 0 Å². The van der Waals surface area contributed by atoms with Crippen molar-refractivity contribution in [2.45, 2.75) is 26.6 Å². The van der Waals surface area contributed by atoms with Crippen molar-refractivity contribution in [1.29, 1.82) is 0 Å². The molecule has 0 fully saturated rings. The molecular weight excluding hydrogens is 281 g/mol. The van der Waals surface area contributed by atoms with Crippen molar-refractivity contribution in [3.05, 3.63) is 51.8 Å². The van der Waals surface area contributed by atoms with Crippen LogP contribution >= 0.6 is 23.2 Å². The van der Waals surface area contributed by atoms with E-state index in [0.29, 0.717) is 10.0 Å². The van der Waals surface area contributed by atoms with Gasteiger partial charge < -0.3 is 0 Å². The molecule has 0 saturated carbocycles. The molecule has 1 aromatic carbocycles. The van der Waals surface area contributed by atoms with Crippen LogP contribution in [0.5, 0.6) is 0 Å². The minimum Gasteiger partial charge on any atom is -0.298 e. The van der Waals surface area contributed by atoms with Crippen molar-refractivity contribution in [3.63, 3.8) is 0 Å². The third kappa shape index (κ3) is 3.72. The molecule has 1 heterocycles. The summed E-state index contributed by atoms with van der Waals surface area (Å²) >= 11 is 12.4. The monoisotopic (exact) mass is 297 g/mol. The van der Waals surface area contributed by atoms with Crippen LogP contribution in [0.25, 0.3) is 0 Å². The van der Waals surface area contributed by atoms with Crippen LogP contribution in [0.2, 0.25) is 10.0 Å². The Hall–Kier alpha value is -1.03. The lowest BCUT2D eigenvalue weighted by atomic mass is 10.2. The zero-order valence-corrected chi connectivity index (χ0v) is 12.6. The average molecular weight is 298 g/mol. The molecule has 0 spiro atoms. The predicted octanol–water partition coefficient (Wildman–Crippen LogP) is 3.84. The van der Waals surface area contributed by atoms with Gasteiger partial charge in [-0.25, -0.2) is 0 Å². The van der Waals surface area contributed by atoms with E-state index in [2.05, 4.69) is 23.1 Å². The van der Waals surface area contributed by atoms with Crippen molar-refractivity contribution in [3.8, 4) is 0 Å². The minimum atomic E-state index is 0.712. The highest BCUT2D eigenvalue weighted by atomic mass is 35.5. The van der Waals surface area contributed by atoms with Gasteiger partial charge in [0.2, 0.25) is 0 Å².